The number of amides is 2. The normalized spacial score (nSPS) is 12.2. The molecule has 0 aliphatic carbocycles. The maximum Gasteiger partial charge on any atom is 0.309 e. The number of esters is 1. The topological polar surface area (TPSA) is 93.7 Å². The third kappa shape index (κ3) is 7.32. The van der Waals surface area contributed by atoms with Crippen LogP contribution in [0.25, 0.3) is 0 Å². The average molecular weight is 495 g/mol. The zero-order valence-electron chi connectivity index (χ0n) is 19.7. The highest BCUT2D eigenvalue weighted by molar-refractivity contribution is 6.30. The molecular weight excluding hydrogens is 468 g/mol. The second kappa shape index (κ2) is 12.0. The first-order chi connectivity index (χ1) is 16.8. The van der Waals surface area contributed by atoms with Crippen LogP contribution in [0, 0.1) is 6.92 Å². The van der Waals surface area contributed by atoms with E-state index < -0.39 is 24.0 Å². The smallest absolute Gasteiger partial charge is 0.309 e. The quantitative estimate of drug-likeness (QED) is 0.401. The molecule has 35 heavy (non-hydrogen) atoms. The molecule has 0 bridgehead atoms. The van der Waals surface area contributed by atoms with E-state index in [1.54, 1.807) is 66.7 Å². The summed E-state index contributed by atoms with van der Waals surface area (Å²) in [7, 11) is 1.51. The standard InChI is InChI=1S/C27H27ClN2O5/c1-17-9-14-24(34-3)23(15-17)30-27(33)26(20-7-5-4-6-8-20)35-25(32)16-22(29-18(2)31)19-10-12-21(28)13-11-19/h4-15,22,26H,16H2,1-3H3,(H,29,31)(H,30,33). The Kier molecular flexibility index (Phi) is 8.86. The highest BCUT2D eigenvalue weighted by atomic mass is 35.5. The molecule has 2 amide bonds. The lowest BCUT2D eigenvalue weighted by Gasteiger charge is -2.22. The van der Waals surface area contributed by atoms with E-state index in [0.29, 0.717) is 27.6 Å². The van der Waals surface area contributed by atoms with Crippen molar-refractivity contribution in [3.63, 3.8) is 0 Å². The van der Waals surface area contributed by atoms with Gasteiger partial charge in [-0.25, -0.2) is 0 Å². The Balaban J connectivity index is 1.83. The first-order valence-electron chi connectivity index (χ1n) is 11.0. The predicted octanol–water partition coefficient (Wildman–Crippen LogP) is 5.15. The summed E-state index contributed by atoms with van der Waals surface area (Å²) in [6, 6.07) is 20.3. The molecule has 2 N–H and O–H groups in total. The van der Waals surface area contributed by atoms with Crippen LogP contribution < -0.4 is 15.4 Å². The first-order valence-corrected chi connectivity index (χ1v) is 11.4. The van der Waals surface area contributed by atoms with Gasteiger partial charge in [-0.15, -0.1) is 0 Å². The molecule has 8 heteroatoms. The van der Waals surface area contributed by atoms with Crippen molar-refractivity contribution >= 4 is 35.1 Å². The molecule has 182 valence electrons. The van der Waals surface area contributed by atoms with Crippen molar-refractivity contribution in [2.24, 2.45) is 0 Å². The molecule has 2 atom stereocenters. The van der Waals surface area contributed by atoms with Crippen LogP contribution in [0.15, 0.2) is 72.8 Å². The fraction of sp³-hybridized carbons (Fsp3) is 0.222. The minimum atomic E-state index is -1.21. The van der Waals surface area contributed by atoms with Gasteiger partial charge in [-0.1, -0.05) is 60.1 Å². The van der Waals surface area contributed by atoms with E-state index >= 15 is 0 Å². The first kappa shape index (κ1) is 25.8. The number of anilines is 1. The lowest BCUT2D eigenvalue weighted by Crippen LogP contribution is -2.31. The van der Waals surface area contributed by atoms with Crippen molar-refractivity contribution in [1.29, 1.82) is 0 Å². The molecule has 0 aliphatic rings. The molecule has 0 heterocycles. The number of methoxy groups -OCH3 is 1. The summed E-state index contributed by atoms with van der Waals surface area (Å²) in [4.78, 5) is 38.0. The Hall–Kier alpha value is -3.84. The Bertz CT molecular complexity index is 1180. The van der Waals surface area contributed by atoms with Crippen LogP contribution in [0.3, 0.4) is 0 Å². The Morgan fingerprint density at radius 1 is 0.943 bits per heavy atom. The van der Waals surface area contributed by atoms with E-state index in [-0.39, 0.29) is 12.3 Å². The van der Waals surface area contributed by atoms with E-state index in [0.717, 1.165) is 5.56 Å². The summed E-state index contributed by atoms with van der Waals surface area (Å²) in [6.07, 6.45) is -1.39. The number of halogens is 1. The second-order valence-corrected chi connectivity index (χ2v) is 8.42. The number of carbonyl (C=O) groups excluding carboxylic acids is 3. The fourth-order valence-electron chi connectivity index (χ4n) is 3.56. The molecule has 0 radical (unpaired) electrons. The van der Waals surface area contributed by atoms with Crippen LogP contribution in [-0.4, -0.2) is 24.9 Å². The number of hydrogen-bond acceptors (Lipinski definition) is 5. The highest BCUT2D eigenvalue weighted by Gasteiger charge is 2.28. The minimum absolute atomic E-state index is 0.175. The summed E-state index contributed by atoms with van der Waals surface area (Å²) >= 11 is 5.96. The van der Waals surface area contributed by atoms with Crippen LogP contribution in [0.4, 0.5) is 5.69 Å². The average Bonchev–Trinajstić information content (AvgIpc) is 2.83. The van der Waals surface area contributed by atoms with Gasteiger partial charge in [-0.2, -0.15) is 0 Å². The number of aryl methyl sites for hydroxylation is 1. The summed E-state index contributed by atoms with van der Waals surface area (Å²) in [5.74, 6) is -1.01. The number of benzene rings is 3. The lowest BCUT2D eigenvalue weighted by molar-refractivity contribution is -0.155. The van der Waals surface area contributed by atoms with Gasteiger partial charge in [-0.05, 0) is 42.3 Å². The summed E-state index contributed by atoms with van der Waals surface area (Å²) in [5, 5.41) is 6.09. The number of hydrogen-bond donors (Lipinski definition) is 2. The highest BCUT2D eigenvalue weighted by Crippen LogP contribution is 2.28. The number of ether oxygens (including phenoxy) is 2. The number of carbonyl (C=O) groups is 3. The van der Waals surface area contributed by atoms with Gasteiger partial charge < -0.3 is 20.1 Å². The Morgan fingerprint density at radius 2 is 1.63 bits per heavy atom. The molecule has 3 rings (SSSR count). The summed E-state index contributed by atoms with van der Waals surface area (Å²) in [5.41, 5.74) is 2.58. The molecule has 0 saturated carbocycles. The molecule has 0 aromatic heterocycles. The molecule has 0 saturated heterocycles. The molecular formula is C27H27ClN2O5. The van der Waals surface area contributed by atoms with Crippen LogP contribution in [-0.2, 0) is 19.1 Å². The van der Waals surface area contributed by atoms with Gasteiger partial charge in [0, 0.05) is 17.5 Å². The zero-order chi connectivity index (χ0) is 25.4. The molecule has 2 unspecified atom stereocenters. The zero-order valence-corrected chi connectivity index (χ0v) is 20.5. The van der Waals surface area contributed by atoms with Gasteiger partial charge in [-0.3, -0.25) is 14.4 Å². The second-order valence-electron chi connectivity index (χ2n) is 7.98. The van der Waals surface area contributed by atoms with Crippen molar-refractivity contribution < 1.29 is 23.9 Å². The molecule has 3 aromatic rings. The number of nitrogens with one attached hydrogen (secondary N) is 2. The summed E-state index contributed by atoms with van der Waals surface area (Å²) in [6.45, 7) is 3.26. The van der Waals surface area contributed by atoms with E-state index in [1.165, 1.54) is 14.0 Å². The van der Waals surface area contributed by atoms with Gasteiger partial charge >= 0.3 is 5.97 Å². The largest absolute Gasteiger partial charge is 0.495 e. The fourth-order valence-corrected chi connectivity index (χ4v) is 3.68. The van der Waals surface area contributed by atoms with E-state index in [1.807, 2.05) is 13.0 Å². The van der Waals surface area contributed by atoms with Crippen molar-refractivity contribution in [2.75, 3.05) is 12.4 Å². The van der Waals surface area contributed by atoms with Gasteiger partial charge in [0.15, 0.2) is 0 Å². The molecule has 7 nitrogen and oxygen atoms in total. The Morgan fingerprint density at radius 3 is 2.26 bits per heavy atom. The third-order valence-corrected chi connectivity index (χ3v) is 5.48. The van der Waals surface area contributed by atoms with Gasteiger partial charge in [0.05, 0.1) is 25.3 Å². The van der Waals surface area contributed by atoms with Crippen LogP contribution in [0.1, 0.15) is 42.2 Å². The van der Waals surface area contributed by atoms with Crippen molar-refractivity contribution in [1.82, 2.24) is 5.32 Å². The van der Waals surface area contributed by atoms with Crippen molar-refractivity contribution in [3.8, 4) is 5.75 Å². The van der Waals surface area contributed by atoms with Gasteiger partial charge in [0.2, 0.25) is 12.0 Å². The van der Waals surface area contributed by atoms with E-state index in [9.17, 15) is 14.4 Å². The third-order valence-electron chi connectivity index (χ3n) is 5.22. The lowest BCUT2D eigenvalue weighted by atomic mass is 10.0. The maximum absolute atomic E-state index is 13.3. The molecule has 0 fully saturated rings. The van der Waals surface area contributed by atoms with Crippen molar-refractivity contribution in [2.45, 2.75) is 32.4 Å². The van der Waals surface area contributed by atoms with Gasteiger partial charge in [0.25, 0.3) is 5.91 Å². The summed E-state index contributed by atoms with van der Waals surface area (Å²) < 4.78 is 11.0. The number of rotatable bonds is 9. The van der Waals surface area contributed by atoms with Gasteiger partial charge in [0.1, 0.15) is 5.75 Å². The van der Waals surface area contributed by atoms with E-state index in [2.05, 4.69) is 10.6 Å². The van der Waals surface area contributed by atoms with Crippen LogP contribution in [0.2, 0.25) is 5.02 Å². The Labute approximate surface area is 209 Å². The van der Waals surface area contributed by atoms with Crippen LogP contribution in [0.5, 0.6) is 5.75 Å². The van der Waals surface area contributed by atoms with Crippen molar-refractivity contribution in [3.05, 3.63) is 94.5 Å². The van der Waals surface area contributed by atoms with E-state index in [4.69, 9.17) is 21.1 Å². The maximum atomic E-state index is 13.3. The SMILES string of the molecule is COc1ccc(C)cc1NC(=O)C(OC(=O)CC(NC(C)=O)c1ccc(Cl)cc1)c1ccccc1. The molecule has 3 aromatic carbocycles. The monoisotopic (exact) mass is 494 g/mol. The minimum Gasteiger partial charge on any atom is -0.495 e. The molecule has 0 aliphatic heterocycles. The molecule has 0 spiro atoms. The predicted molar refractivity (Wildman–Crippen MR) is 134 cm³/mol. The van der Waals surface area contributed by atoms with Crippen LogP contribution >= 0.6 is 11.6 Å².